The van der Waals surface area contributed by atoms with Crippen molar-refractivity contribution in [1.29, 1.82) is 0 Å². The van der Waals surface area contributed by atoms with Gasteiger partial charge in [0.25, 0.3) is 0 Å². The van der Waals surface area contributed by atoms with E-state index < -0.39 is 0 Å². The summed E-state index contributed by atoms with van der Waals surface area (Å²) in [7, 11) is 0. The van der Waals surface area contributed by atoms with E-state index in [1.165, 1.54) is 20.2 Å². The van der Waals surface area contributed by atoms with E-state index in [-0.39, 0.29) is 0 Å². The highest BCUT2D eigenvalue weighted by molar-refractivity contribution is 7.26. The Kier molecular flexibility index (Phi) is 7.75. The average Bonchev–Trinajstić information content (AvgIpc) is 3.85. The molecule has 0 aliphatic rings. The molecule has 0 bridgehead atoms. The van der Waals surface area contributed by atoms with Gasteiger partial charge in [0.1, 0.15) is 0 Å². The maximum atomic E-state index is 5.20. The summed E-state index contributed by atoms with van der Waals surface area (Å²) in [6, 6.07) is 58.1. The number of fused-ring (bicyclic) bond motifs is 6. The van der Waals surface area contributed by atoms with Crippen LogP contribution >= 0.6 is 22.7 Å². The topological polar surface area (TPSA) is 77.3 Å². The molecule has 0 saturated heterocycles. The number of rotatable bonds is 6. The molecule has 6 nitrogen and oxygen atoms in total. The molecular formula is C48H28N6S2. The number of hydrogen-bond acceptors (Lipinski definition) is 8. The van der Waals surface area contributed by atoms with Gasteiger partial charge >= 0.3 is 0 Å². The molecule has 11 rings (SSSR count). The van der Waals surface area contributed by atoms with Crippen LogP contribution in [0.1, 0.15) is 0 Å². The van der Waals surface area contributed by atoms with Crippen LogP contribution in [0.3, 0.4) is 0 Å². The summed E-state index contributed by atoms with van der Waals surface area (Å²) in [5, 5.41) is 4.61. The fraction of sp³-hybridized carbons (Fsp3) is 0. The quantitative estimate of drug-likeness (QED) is 0.168. The van der Waals surface area contributed by atoms with Gasteiger partial charge in [-0.2, -0.15) is 0 Å². The van der Waals surface area contributed by atoms with Crippen molar-refractivity contribution < 1.29 is 0 Å². The third-order valence-electron chi connectivity index (χ3n) is 10.0. The summed E-state index contributed by atoms with van der Waals surface area (Å²) in [6.45, 7) is 0. The van der Waals surface area contributed by atoms with Gasteiger partial charge in [-0.1, -0.05) is 146 Å². The Labute approximate surface area is 329 Å². The van der Waals surface area contributed by atoms with Crippen LogP contribution in [-0.4, -0.2) is 29.9 Å². The largest absolute Gasteiger partial charge is 0.208 e. The Morgan fingerprint density at radius 3 is 1.18 bits per heavy atom. The lowest BCUT2D eigenvalue weighted by Gasteiger charge is -2.10. The van der Waals surface area contributed by atoms with Crippen molar-refractivity contribution in [3.8, 4) is 68.3 Å². The molecule has 0 atom stereocenters. The monoisotopic (exact) mass is 752 g/mol. The normalized spacial score (nSPS) is 11.6. The molecule has 11 aromatic rings. The van der Waals surface area contributed by atoms with Crippen molar-refractivity contribution in [1.82, 2.24) is 29.9 Å². The standard InChI is InChI=1S/C48H28N6S2/c1-4-14-29(15-5-1)43-49-44(30-16-6-2-7-17-30)52-47(51-43)36-22-13-25-39-42(36)34-27-26-32(28-40(34)56-39)46-50-45(31-18-8-3-9-19-31)53-48(54-46)35-21-12-24-38-41(35)33-20-10-11-23-37(33)55-38/h1-28H. The van der Waals surface area contributed by atoms with Gasteiger partial charge in [-0.05, 0) is 24.3 Å². The van der Waals surface area contributed by atoms with Gasteiger partial charge in [0.2, 0.25) is 0 Å². The van der Waals surface area contributed by atoms with Crippen LogP contribution in [0.5, 0.6) is 0 Å². The Balaban J connectivity index is 1.08. The van der Waals surface area contributed by atoms with Crippen LogP contribution in [0.2, 0.25) is 0 Å². The highest BCUT2D eigenvalue weighted by atomic mass is 32.1. The number of benzene rings is 7. The van der Waals surface area contributed by atoms with Crippen molar-refractivity contribution in [3.63, 3.8) is 0 Å². The summed E-state index contributed by atoms with van der Waals surface area (Å²) in [4.78, 5) is 30.5. The molecule has 7 aromatic carbocycles. The zero-order chi connectivity index (χ0) is 37.0. The van der Waals surface area contributed by atoms with Crippen molar-refractivity contribution >= 4 is 63.0 Å². The first-order valence-electron chi connectivity index (χ1n) is 18.3. The maximum absolute atomic E-state index is 5.20. The highest BCUT2D eigenvalue weighted by Gasteiger charge is 2.20. The lowest BCUT2D eigenvalue weighted by Crippen LogP contribution is -2.00. The van der Waals surface area contributed by atoms with E-state index in [1.54, 1.807) is 22.7 Å². The summed E-state index contributed by atoms with van der Waals surface area (Å²) in [5.41, 5.74) is 5.70. The fourth-order valence-electron chi connectivity index (χ4n) is 7.38. The van der Waals surface area contributed by atoms with Crippen molar-refractivity contribution in [3.05, 3.63) is 170 Å². The van der Waals surface area contributed by atoms with E-state index in [0.717, 1.165) is 53.6 Å². The molecular weight excluding hydrogens is 725 g/mol. The van der Waals surface area contributed by atoms with Crippen LogP contribution in [-0.2, 0) is 0 Å². The van der Waals surface area contributed by atoms with Gasteiger partial charge in [0, 0.05) is 73.7 Å². The summed E-state index contributed by atoms with van der Waals surface area (Å²) in [6.07, 6.45) is 0. The molecule has 56 heavy (non-hydrogen) atoms. The van der Waals surface area contributed by atoms with E-state index in [1.807, 2.05) is 91.0 Å². The Bertz CT molecular complexity index is 3190. The molecule has 0 aliphatic carbocycles. The zero-order valence-electron chi connectivity index (χ0n) is 29.7. The lowest BCUT2D eigenvalue weighted by molar-refractivity contribution is 1.08. The third kappa shape index (κ3) is 5.62. The molecule has 0 saturated carbocycles. The molecule has 4 aromatic heterocycles. The first-order valence-corrected chi connectivity index (χ1v) is 19.9. The number of nitrogens with zero attached hydrogens (tertiary/aromatic N) is 6. The predicted octanol–water partition coefficient (Wildman–Crippen LogP) is 12.8. The van der Waals surface area contributed by atoms with Crippen LogP contribution in [0.15, 0.2) is 170 Å². The number of hydrogen-bond donors (Lipinski definition) is 0. The van der Waals surface area contributed by atoms with Gasteiger partial charge in [-0.25, -0.2) is 29.9 Å². The molecule has 0 N–H and O–H groups in total. The van der Waals surface area contributed by atoms with E-state index in [0.29, 0.717) is 34.9 Å². The second-order valence-electron chi connectivity index (χ2n) is 13.5. The second kappa shape index (κ2) is 13.4. The minimum absolute atomic E-state index is 0.627. The predicted molar refractivity (Wildman–Crippen MR) is 232 cm³/mol. The second-order valence-corrected chi connectivity index (χ2v) is 15.6. The lowest BCUT2D eigenvalue weighted by atomic mass is 10.0. The van der Waals surface area contributed by atoms with E-state index >= 15 is 0 Å². The number of aromatic nitrogens is 6. The first-order chi connectivity index (χ1) is 27.7. The smallest absolute Gasteiger partial charge is 0.164 e. The van der Waals surface area contributed by atoms with Crippen LogP contribution in [0, 0.1) is 0 Å². The van der Waals surface area contributed by atoms with E-state index in [4.69, 9.17) is 29.9 Å². The van der Waals surface area contributed by atoms with Crippen LogP contribution in [0.25, 0.3) is 109 Å². The molecule has 0 fully saturated rings. The minimum atomic E-state index is 0.627. The molecule has 0 radical (unpaired) electrons. The van der Waals surface area contributed by atoms with Gasteiger partial charge < -0.3 is 0 Å². The van der Waals surface area contributed by atoms with E-state index in [9.17, 15) is 0 Å². The molecule has 4 heterocycles. The Morgan fingerprint density at radius 2 is 0.661 bits per heavy atom. The Morgan fingerprint density at radius 1 is 0.268 bits per heavy atom. The van der Waals surface area contributed by atoms with Gasteiger partial charge in [0.05, 0.1) is 0 Å². The van der Waals surface area contributed by atoms with Crippen LogP contribution < -0.4 is 0 Å². The van der Waals surface area contributed by atoms with Gasteiger partial charge in [-0.3, -0.25) is 0 Å². The average molecular weight is 753 g/mol. The molecule has 8 heteroatoms. The van der Waals surface area contributed by atoms with E-state index in [2.05, 4.69) is 78.9 Å². The van der Waals surface area contributed by atoms with Gasteiger partial charge in [-0.15, -0.1) is 22.7 Å². The zero-order valence-corrected chi connectivity index (χ0v) is 31.3. The Hall–Kier alpha value is -7.00. The number of thiophene rings is 2. The van der Waals surface area contributed by atoms with Gasteiger partial charge in [0.15, 0.2) is 34.9 Å². The molecule has 0 spiro atoms. The molecule has 0 amide bonds. The summed E-state index contributed by atoms with van der Waals surface area (Å²) in [5.74, 6) is 3.83. The SMILES string of the molecule is c1ccc(-c2nc(-c3ccc4c(c3)sc3cccc(-c5nc(-c6ccccc6)nc(-c6ccccc6)n5)c34)nc(-c3cccc4sc5ccccc5c34)n2)cc1. The maximum Gasteiger partial charge on any atom is 0.164 e. The summed E-state index contributed by atoms with van der Waals surface area (Å²) < 4.78 is 4.72. The van der Waals surface area contributed by atoms with Crippen molar-refractivity contribution in [2.24, 2.45) is 0 Å². The van der Waals surface area contributed by atoms with Crippen molar-refractivity contribution in [2.75, 3.05) is 0 Å². The summed E-state index contributed by atoms with van der Waals surface area (Å²) >= 11 is 3.54. The van der Waals surface area contributed by atoms with Crippen molar-refractivity contribution in [2.45, 2.75) is 0 Å². The first kappa shape index (κ1) is 32.4. The van der Waals surface area contributed by atoms with Crippen LogP contribution in [0.4, 0.5) is 0 Å². The molecule has 0 aliphatic heterocycles. The third-order valence-corrected chi connectivity index (χ3v) is 12.3. The minimum Gasteiger partial charge on any atom is -0.208 e. The molecule has 0 unspecified atom stereocenters. The fourth-order valence-corrected chi connectivity index (χ4v) is 9.69. The highest BCUT2D eigenvalue weighted by Crippen LogP contribution is 2.42. The molecule has 262 valence electrons.